The van der Waals surface area contributed by atoms with Gasteiger partial charge in [-0.25, -0.2) is 8.42 Å². The van der Waals surface area contributed by atoms with Gasteiger partial charge in [0.25, 0.3) is 10.0 Å². The third kappa shape index (κ3) is 3.98. The number of anilines is 2. The molecule has 2 rings (SSSR count). The van der Waals surface area contributed by atoms with Crippen molar-refractivity contribution in [1.82, 2.24) is 0 Å². The fourth-order valence-corrected chi connectivity index (χ4v) is 2.93. The zero-order valence-electron chi connectivity index (χ0n) is 12.2. The highest BCUT2D eigenvalue weighted by atomic mass is 32.2. The minimum Gasteiger partial charge on any atom is -0.497 e. The van der Waals surface area contributed by atoms with Crippen molar-refractivity contribution in [2.24, 2.45) is 0 Å². The summed E-state index contributed by atoms with van der Waals surface area (Å²) in [6.07, 6.45) is 0. The average molecular weight is 320 g/mol. The number of benzene rings is 2. The number of methoxy groups -OCH3 is 1. The first-order chi connectivity index (χ1) is 10.4. The number of sulfonamides is 1. The quantitative estimate of drug-likeness (QED) is 0.886. The summed E-state index contributed by atoms with van der Waals surface area (Å²) in [7, 11) is -2.27. The summed E-state index contributed by atoms with van der Waals surface area (Å²) in [4.78, 5) is 11.1. The molecular formula is C15H16N2O4S. The molecule has 0 aliphatic rings. The Morgan fingerprint density at radius 1 is 1.05 bits per heavy atom. The maximum absolute atomic E-state index is 12.3. The van der Waals surface area contributed by atoms with E-state index in [0.29, 0.717) is 17.1 Å². The van der Waals surface area contributed by atoms with Crippen LogP contribution >= 0.6 is 0 Å². The van der Waals surface area contributed by atoms with E-state index in [1.165, 1.54) is 26.2 Å². The monoisotopic (exact) mass is 320 g/mol. The van der Waals surface area contributed by atoms with E-state index < -0.39 is 10.0 Å². The Balaban J connectivity index is 2.26. The van der Waals surface area contributed by atoms with E-state index >= 15 is 0 Å². The van der Waals surface area contributed by atoms with Crippen molar-refractivity contribution in [1.29, 1.82) is 0 Å². The first-order valence-electron chi connectivity index (χ1n) is 6.45. The molecular weight excluding hydrogens is 304 g/mol. The van der Waals surface area contributed by atoms with Gasteiger partial charge in [-0.1, -0.05) is 12.1 Å². The lowest BCUT2D eigenvalue weighted by atomic mass is 10.3. The van der Waals surface area contributed by atoms with Crippen LogP contribution in [0.4, 0.5) is 11.4 Å². The Labute approximate surface area is 129 Å². The summed E-state index contributed by atoms with van der Waals surface area (Å²) >= 11 is 0. The fourth-order valence-electron chi connectivity index (χ4n) is 1.85. The van der Waals surface area contributed by atoms with Crippen LogP contribution < -0.4 is 14.8 Å². The number of nitrogens with one attached hydrogen (secondary N) is 2. The maximum atomic E-state index is 12.3. The van der Waals surface area contributed by atoms with Gasteiger partial charge in [-0.15, -0.1) is 0 Å². The van der Waals surface area contributed by atoms with Gasteiger partial charge in [0.05, 0.1) is 17.7 Å². The van der Waals surface area contributed by atoms with Gasteiger partial charge in [0.2, 0.25) is 5.91 Å². The second-order valence-corrected chi connectivity index (χ2v) is 6.23. The third-order valence-corrected chi connectivity index (χ3v) is 4.17. The van der Waals surface area contributed by atoms with E-state index in [-0.39, 0.29) is 10.8 Å². The number of hydrogen-bond donors (Lipinski definition) is 2. The van der Waals surface area contributed by atoms with Gasteiger partial charge in [-0.05, 0) is 30.3 Å². The first kappa shape index (κ1) is 15.8. The van der Waals surface area contributed by atoms with Crippen LogP contribution in [0.3, 0.4) is 0 Å². The van der Waals surface area contributed by atoms with Crippen molar-refractivity contribution < 1.29 is 17.9 Å². The minimum absolute atomic E-state index is 0.0942. The van der Waals surface area contributed by atoms with Gasteiger partial charge >= 0.3 is 0 Å². The Bertz CT molecular complexity index is 788. The summed E-state index contributed by atoms with van der Waals surface area (Å²) in [6.45, 7) is 1.38. The van der Waals surface area contributed by atoms with Crippen LogP contribution in [-0.2, 0) is 14.8 Å². The second kappa shape index (κ2) is 6.48. The molecule has 0 aliphatic carbocycles. The largest absolute Gasteiger partial charge is 0.497 e. The van der Waals surface area contributed by atoms with Gasteiger partial charge in [0, 0.05) is 18.7 Å². The Morgan fingerprint density at radius 2 is 1.73 bits per heavy atom. The molecule has 2 aromatic rings. The lowest BCUT2D eigenvalue weighted by molar-refractivity contribution is -0.114. The summed E-state index contributed by atoms with van der Waals surface area (Å²) in [5.41, 5.74) is 0.868. The first-order valence-corrected chi connectivity index (χ1v) is 7.93. The molecule has 6 nitrogen and oxygen atoms in total. The molecule has 7 heteroatoms. The highest BCUT2D eigenvalue weighted by molar-refractivity contribution is 7.92. The average Bonchev–Trinajstić information content (AvgIpc) is 2.46. The smallest absolute Gasteiger partial charge is 0.262 e. The molecule has 0 unspecified atom stereocenters. The minimum atomic E-state index is -3.73. The topological polar surface area (TPSA) is 84.5 Å². The summed E-state index contributed by atoms with van der Waals surface area (Å²) in [6, 6.07) is 12.6. The second-order valence-electron chi connectivity index (χ2n) is 4.55. The SMILES string of the molecule is COc1cccc(S(=O)(=O)Nc2cccc(NC(C)=O)c2)c1. The summed E-state index contributed by atoms with van der Waals surface area (Å²) in [5, 5.41) is 2.60. The highest BCUT2D eigenvalue weighted by Gasteiger charge is 2.15. The molecule has 0 saturated heterocycles. The molecule has 0 radical (unpaired) electrons. The van der Waals surface area contributed by atoms with E-state index in [1.807, 2.05) is 0 Å². The number of rotatable bonds is 5. The third-order valence-electron chi connectivity index (χ3n) is 2.79. The molecule has 0 aliphatic heterocycles. The predicted molar refractivity (Wildman–Crippen MR) is 84.5 cm³/mol. The molecule has 2 aromatic carbocycles. The number of ether oxygens (including phenoxy) is 1. The van der Waals surface area contributed by atoms with Crippen LogP contribution in [0, 0.1) is 0 Å². The van der Waals surface area contributed by atoms with E-state index in [1.54, 1.807) is 36.4 Å². The summed E-state index contributed by atoms with van der Waals surface area (Å²) in [5.74, 6) is 0.225. The Kier molecular flexibility index (Phi) is 4.67. The van der Waals surface area contributed by atoms with Crippen LogP contribution in [-0.4, -0.2) is 21.4 Å². The number of hydrogen-bond acceptors (Lipinski definition) is 4. The molecule has 0 aromatic heterocycles. The van der Waals surface area contributed by atoms with E-state index in [4.69, 9.17) is 4.74 Å². The predicted octanol–water partition coefficient (Wildman–Crippen LogP) is 2.45. The number of carbonyl (C=O) groups excluding carboxylic acids is 1. The highest BCUT2D eigenvalue weighted by Crippen LogP contribution is 2.22. The van der Waals surface area contributed by atoms with Crippen LogP contribution in [0.2, 0.25) is 0 Å². The van der Waals surface area contributed by atoms with Gasteiger partial charge in [0.15, 0.2) is 0 Å². The molecule has 0 heterocycles. The Morgan fingerprint density at radius 3 is 2.41 bits per heavy atom. The van der Waals surface area contributed by atoms with Gasteiger partial charge in [-0.2, -0.15) is 0 Å². The molecule has 2 N–H and O–H groups in total. The number of amides is 1. The Hall–Kier alpha value is -2.54. The normalized spacial score (nSPS) is 10.8. The molecule has 116 valence electrons. The van der Waals surface area contributed by atoms with Gasteiger partial charge in [-0.3, -0.25) is 9.52 Å². The molecule has 0 bridgehead atoms. The van der Waals surface area contributed by atoms with Crippen LogP contribution in [0.1, 0.15) is 6.92 Å². The van der Waals surface area contributed by atoms with Crippen molar-refractivity contribution in [3.8, 4) is 5.75 Å². The fraction of sp³-hybridized carbons (Fsp3) is 0.133. The van der Waals surface area contributed by atoms with E-state index in [0.717, 1.165) is 0 Å². The van der Waals surface area contributed by atoms with E-state index in [2.05, 4.69) is 10.0 Å². The molecule has 0 spiro atoms. The van der Waals surface area contributed by atoms with Crippen LogP contribution in [0.5, 0.6) is 5.75 Å². The van der Waals surface area contributed by atoms with E-state index in [9.17, 15) is 13.2 Å². The van der Waals surface area contributed by atoms with Gasteiger partial charge < -0.3 is 10.1 Å². The summed E-state index contributed by atoms with van der Waals surface area (Å²) < 4.78 is 32.2. The standard InChI is InChI=1S/C15H16N2O4S/c1-11(18)16-12-5-3-6-13(9-12)17-22(19,20)15-8-4-7-14(10-15)21-2/h3-10,17H,1-2H3,(H,16,18). The molecule has 0 atom stereocenters. The lowest BCUT2D eigenvalue weighted by Gasteiger charge is -2.10. The maximum Gasteiger partial charge on any atom is 0.262 e. The molecule has 22 heavy (non-hydrogen) atoms. The van der Waals surface area contributed by atoms with Crippen molar-refractivity contribution >= 4 is 27.3 Å². The van der Waals surface area contributed by atoms with Crippen molar-refractivity contribution in [3.63, 3.8) is 0 Å². The zero-order chi connectivity index (χ0) is 16.2. The lowest BCUT2D eigenvalue weighted by Crippen LogP contribution is -2.13. The van der Waals surface area contributed by atoms with Crippen molar-refractivity contribution in [3.05, 3.63) is 48.5 Å². The molecule has 1 amide bonds. The zero-order valence-corrected chi connectivity index (χ0v) is 13.0. The molecule has 0 fully saturated rings. The van der Waals surface area contributed by atoms with Gasteiger partial charge in [0.1, 0.15) is 5.75 Å². The molecule has 0 saturated carbocycles. The van der Waals surface area contributed by atoms with Crippen LogP contribution in [0.25, 0.3) is 0 Å². The van der Waals surface area contributed by atoms with Crippen molar-refractivity contribution in [2.75, 3.05) is 17.1 Å². The number of carbonyl (C=O) groups is 1. The van der Waals surface area contributed by atoms with Crippen molar-refractivity contribution in [2.45, 2.75) is 11.8 Å². The van der Waals surface area contributed by atoms with Crippen LogP contribution in [0.15, 0.2) is 53.4 Å².